The molecule has 0 aliphatic rings. The smallest absolute Gasteiger partial charge is 0.319 e. The van der Waals surface area contributed by atoms with Crippen molar-refractivity contribution >= 4 is 22.6 Å². The first kappa shape index (κ1) is 14.9. The van der Waals surface area contributed by atoms with Gasteiger partial charge in [0.1, 0.15) is 0 Å². The highest BCUT2D eigenvalue weighted by Gasteiger charge is 2.10. The summed E-state index contributed by atoms with van der Waals surface area (Å²) in [7, 11) is 0. The van der Waals surface area contributed by atoms with Gasteiger partial charge in [0.25, 0.3) is 0 Å². The minimum Gasteiger partial charge on any atom is -0.348 e. The second kappa shape index (κ2) is 6.80. The summed E-state index contributed by atoms with van der Waals surface area (Å²) in [5, 5.41) is 15.5. The SMILES string of the molecule is CC[C@H](CC#N)NC(=O)Nc1ccc2ccn(CC)c2c1. The third-order valence-corrected chi connectivity index (χ3v) is 3.54. The molecule has 2 N–H and O–H groups in total. The molecule has 0 bridgehead atoms. The predicted octanol–water partition coefficient (Wildman–Crippen LogP) is 3.47. The summed E-state index contributed by atoms with van der Waals surface area (Å²) in [6.45, 7) is 4.92. The molecule has 5 heteroatoms. The Hall–Kier alpha value is -2.48. The molecule has 0 radical (unpaired) electrons. The van der Waals surface area contributed by atoms with Crippen molar-refractivity contribution < 1.29 is 4.79 Å². The molecule has 0 saturated heterocycles. The molecule has 1 heterocycles. The highest BCUT2D eigenvalue weighted by atomic mass is 16.2. The van der Waals surface area contributed by atoms with E-state index >= 15 is 0 Å². The molecule has 0 aliphatic heterocycles. The quantitative estimate of drug-likeness (QED) is 0.882. The van der Waals surface area contributed by atoms with Crippen LogP contribution in [0.2, 0.25) is 0 Å². The number of rotatable bonds is 5. The van der Waals surface area contributed by atoms with Crippen LogP contribution in [0, 0.1) is 11.3 Å². The zero-order chi connectivity index (χ0) is 15.2. The minimum absolute atomic E-state index is 0.113. The Morgan fingerprint density at radius 2 is 2.19 bits per heavy atom. The number of fused-ring (bicyclic) bond motifs is 1. The Labute approximate surface area is 124 Å². The molecule has 0 unspecified atom stereocenters. The number of carbonyl (C=O) groups excluding carboxylic acids is 1. The molecule has 0 aliphatic carbocycles. The third kappa shape index (κ3) is 3.54. The lowest BCUT2D eigenvalue weighted by molar-refractivity contribution is 0.248. The average Bonchev–Trinajstić information content (AvgIpc) is 2.89. The normalized spacial score (nSPS) is 11.9. The Kier molecular flexibility index (Phi) is 4.83. The number of aromatic nitrogens is 1. The molecule has 2 rings (SSSR count). The van der Waals surface area contributed by atoms with Crippen molar-refractivity contribution in [2.45, 2.75) is 39.3 Å². The number of hydrogen-bond acceptors (Lipinski definition) is 2. The number of carbonyl (C=O) groups is 1. The van der Waals surface area contributed by atoms with E-state index in [9.17, 15) is 4.79 Å². The molecule has 2 amide bonds. The lowest BCUT2D eigenvalue weighted by Gasteiger charge is -2.14. The third-order valence-electron chi connectivity index (χ3n) is 3.54. The van der Waals surface area contributed by atoms with Gasteiger partial charge < -0.3 is 15.2 Å². The molecular weight excluding hydrogens is 264 g/mol. The maximum Gasteiger partial charge on any atom is 0.319 e. The summed E-state index contributed by atoms with van der Waals surface area (Å²) in [4.78, 5) is 11.9. The fourth-order valence-electron chi connectivity index (χ4n) is 2.30. The topological polar surface area (TPSA) is 69.8 Å². The molecule has 2 aromatic rings. The molecule has 0 fully saturated rings. The molecule has 5 nitrogen and oxygen atoms in total. The van der Waals surface area contributed by atoms with E-state index in [0.717, 1.165) is 29.6 Å². The Morgan fingerprint density at radius 1 is 1.38 bits per heavy atom. The lowest BCUT2D eigenvalue weighted by Crippen LogP contribution is -2.37. The fraction of sp³-hybridized carbons (Fsp3) is 0.375. The fourth-order valence-corrected chi connectivity index (χ4v) is 2.30. The van der Waals surface area contributed by atoms with E-state index in [-0.39, 0.29) is 12.1 Å². The van der Waals surface area contributed by atoms with Crippen molar-refractivity contribution in [3.8, 4) is 6.07 Å². The number of nitrogens with one attached hydrogen (secondary N) is 2. The maximum atomic E-state index is 11.9. The maximum absolute atomic E-state index is 11.9. The van der Waals surface area contributed by atoms with Crippen molar-refractivity contribution in [2.75, 3.05) is 5.32 Å². The second-order valence-corrected chi connectivity index (χ2v) is 4.94. The second-order valence-electron chi connectivity index (χ2n) is 4.94. The standard InChI is InChI=1S/C16H20N4O/c1-3-13(7-9-17)18-16(21)19-14-6-5-12-8-10-20(4-2)15(12)11-14/h5-6,8,10-11,13H,3-4,7H2,1-2H3,(H2,18,19,21)/t13-/m1/s1. The molecule has 110 valence electrons. The van der Waals surface area contributed by atoms with Gasteiger partial charge in [-0.1, -0.05) is 13.0 Å². The number of hydrogen-bond donors (Lipinski definition) is 2. The van der Waals surface area contributed by atoms with Crippen LogP contribution in [0.25, 0.3) is 10.9 Å². The molecule has 1 atom stereocenters. The summed E-state index contributed by atoms with van der Waals surface area (Å²) in [5.41, 5.74) is 1.85. The first-order chi connectivity index (χ1) is 10.2. The van der Waals surface area contributed by atoms with Crippen molar-refractivity contribution in [3.63, 3.8) is 0 Å². The molecule has 1 aromatic heterocycles. The summed E-state index contributed by atoms with van der Waals surface area (Å²) in [5.74, 6) is 0. The van der Waals surface area contributed by atoms with E-state index in [1.54, 1.807) is 0 Å². The highest BCUT2D eigenvalue weighted by Crippen LogP contribution is 2.20. The molecule has 0 saturated carbocycles. The van der Waals surface area contributed by atoms with Crippen LogP contribution in [0.3, 0.4) is 0 Å². The monoisotopic (exact) mass is 284 g/mol. The van der Waals surface area contributed by atoms with Crippen molar-refractivity contribution in [2.24, 2.45) is 0 Å². The van der Waals surface area contributed by atoms with Crippen LogP contribution >= 0.6 is 0 Å². The van der Waals surface area contributed by atoms with Crippen LogP contribution in [-0.4, -0.2) is 16.6 Å². The number of urea groups is 1. The van der Waals surface area contributed by atoms with Gasteiger partial charge in [0.15, 0.2) is 0 Å². The van der Waals surface area contributed by atoms with E-state index in [2.05, 4.69) is 34.3 Å². The van der Waals surface area contributed by atoms with Crippen molar-refractivity contribution in [3.05, 3.63) is 30.5 Å². The van der Waals surface area contributed by atoms with Gasteiger partial charge in [0, 0.05) is 24.5 Å². The van der Waals surface area contributed by atoms with E-state index in [0.29, 0.717) is 6.42 Å². The molecule has 0 spiro atoms. The summed E-state index contributed by atoms with van der Waals surface area (Å²) in [6, 6.07) is 9.59. The number of benzene rings is 1. The number of nitrogens with zero attached hydrogens (tertiary/aromatic N) is 2. The van der Waals surface area contributed by atoms with Gasteiger partial charge in [0.05, 0.1) is 18.0 Å². The lowest BCUT2D eigenvalue weighted by atomic mass is 10.2. The molecular formula is C16H20N4O. The van der Waals surface area contributed by atoms with Crippen LogP contribution in [0.1, 0.15) is 26.7 Å². The van der Waals surface area contributed by atoms with Crippen LogP contribution < -0.4 is 10.6 Å². The summed E-state index contributed by atoms with van der Waals surface area (Å²) >= 11 is 0. The Bertz CT molecular complexity index is 668. The van der Waals surface area contributed by atoms with Crippen molar-refractivity contribution in [1.29, 1.82) is 5.26 Å². The van der Waals surface area contributed by atoms with Crippen molar-refractivity contribution in [1.82, 2.24) is 9.88 Å². The number of aryl methyl sites for hydroxylation is 1. The number of anilines is 1. The molecule has 1 aromatic carbocycles. The molecule has 21 heavy (non-hydrogen) atoms. The van der Waals surface area contributed by atoms with Gasteiger partial charge in [0.2, 0.25) is 0 Å². The van der Waals surface area contributed by atoms with E-state index < -0.39 is 0 Å². The van der Waals surface area contributed by atoms with Crippen LogP contribution in [0.15, 0.2) is 30.5 Å². The highest BCUT2D eigenvalue weighted by molar-refractivity contribution is 5.93. The largest absolute Gasteiger partial charge is 0.348 e. The summed E-state index contributed by atoms with van der Waals surface area (Å²) in [6.07, 6.45) is 3.09. The summed E-state index contributed by atoms with van der Waals surface area (Å²) < 4.78 is 2.13. The number of nitriles is 1. The Morgan fingerprint density at radius 3 is 2.86 bits per heavy atom. The van der Waals surface area contributed by atoms with Gasteiger partial charge in [-0.15, -0.1) is 0 Å². The first-order valence-electron chi connectivity index (χ1n) is 7.21. The van der Waals surface area contributed by atoms with Crippen LogP contribution in [0.4, 0.5) is 10.5 Å². The zero-order valence-corrected chi connectivity index (χ0v) is 12.4. The predicted molar refractivity (Wildman–Crippen MR) is 84.1 cm³/mol. The minimum atomic E-state index is -0.272. The Balaban J connectivity index is 2.08. The van der Waals surface area contributed by atoms with Gasteiger partial charge in [-0.3, -0.25) is 0 Å². The van der Waals surface area contributed by atoms with Crippen LogP contribution in [-0.2, 0) is 6.54 Å². The van der Waals surface area contributed by atoms with Gasteiger partial charge >= 0.3 is 6.03 Å². The van der Waals surface area contributed by atoms with E-state index in [4.69, 9.17) is 5.26 Å². The van der Waals surface area contributed by atoms with Crippen LogP contribution in [0.5, 0.6) is 0 Å². The average molecular weight is 284 g/mol. The van der Waals surface area contributed by atoms with Gasteiger partial charge in [-0.2, -0.15) is 5.26 Å². The first-order valence-corrected chi connectivity index (χ1v) is 7.21. The van der Waals surface area contributed by atoms with E-state index in [1.165, 1.54) is 0 Å². The van der Waals surface area contributed by atoms with E-state index in [1.807, 2.05) is 31.3 Å². The zero-order valence-electron chi connectivity index (χ0n) is 12.4. The number of amides is 2. The van der Waals surface area contributed by atoms with Gasteiger partial charge in [-0.05, 0) is 36.9 Å². The van der Waals surface area contributed by atoms with Gasteiger partial charge in [-0.25, -0.2) is 4.79 Å².